The first-order chi connectivity index (χ1) is 14.3. The zero-order valence-electron chi connectivity index (χ0n) is 15.9. The Bertz CT molecular complexity index is 958. The van der Waals surface area contributed by atoms with Crippen LogP contribution in [-0.4, -0.2) is 19.2 Å². The molecule has 1 aliphatic rings. The molecule has 0 atom stereocenters. The molecule has 0 saturated heterocycles. The predicted molar refractivity (Wildman–Crippen MR) is 112 cm³/mol. The van der Waals surface area contributed by atoms with E-state index in [1.165, 1.54) is 0 Å². The van der Waals surface area contributed by atoms with Gasteiger partial charge in [0.2, 0.25) is 12.7 Å². The molecule has 0 unspecified atom stereocenters. The molecule has 3 aromatic rings. The number of ether oxygens (including phenoxy) is 3. The number of anilines is 2. The largest absolute Gasteiger partial charge is 0.489 e. The standard InChI is InChI=1S/C23H22N2O4/c26-23(25-19-8-11-21-22(14-19)29-16-28-21)12-13-24-18-6-9-20(10-7-18)27-15-17-4-2-1-3-5-17/h1-11,14,24H,12-13,15-16H2,(H,25,26). The summed E-state index contributed by atoms with van der Waals surface area (Å²) >= 11 is 0. The van der Waals surface area contributed by atoms with E-state index in [0.29, 0.717) is 36.8 Å². The van der Waals surface area contributed by atoms with Crippen LogP contribution >= 0.6 is 0 Å². The number of rotatable bonds is 8. The number of hydrogen-bond donors (Lipinski definition) is 2. The minimum atomic E-state index is -0.0702. The molecule has 4 rings (SSSR count). The van der Waals surface area contributed by atoms with Gasteiger partial charge in [-0.25, -0.2) is 0 Å². The van der Waals surface area contributed by atoms with Gasteiger partial charge >= 0.3 is 0 Å². The van der Waals surface area contributed by atoms with E-state index in [1.807, 2.05) is 54.6 Å². The molecular formula is C23H22N2O4. The maximum absolute atomic E-state index is 12.1. The molecule has 1 amide bonds. The van der Waals surface area contributed by atoms with Crippen molar-refractivity contribution < 1.29 is 19.0 Å². The number of amides is 1. The van der Waals surface area contributed by atoms with Gasteiger partial charge in [-0.1, -0.05) is 30.3 Å². The minimum Gasteiger partial charge on any atom is -0.489 e. The maximum atomic E-state index is 12.1. The summed E-state index contributed by atoms with van der Waals surface area (Å²) in [6, 6.07) is 23.1. The van der Waals surface area contributed by atoms with Crippen molar-refractivity contribution in [3.63, 3.8) is 0 Å². The van der Waals surface area contributed by atoms with Gasteiger partial charge in [-0.15, -0.1) is 0 Å². The lowest BCUT2D eigenvalue weighted by Crippen LogP contribution is -2.16. The lowest BCUT2D eigenvalue weighted by Gasteiger charge is -2.10. The zero-order chi connectivity index (χ0) is 19.9. The van der Waals surface area contributed by atoms with Crippen LogP contribution in [0, 0.1) is 0 Å². The highest BCUT2D eigenvalue weighted by atomic mass is 16.7. The number of nitrogens with one attached hydrogen (secondary N) is 2. The fourth-order valence-corrected chi connectivity index (χ4v) is 2.93. The first kappa shape index (κ1) is 18.7. The van der Waals surface area contributed by atoms with E-state index in [2.05, 4.69) is 10.6 Å². The average Bonchev–Trinajstić information content (AvgIpc) is 3.22. The Morgan fingerprint density at radius 2 is 1.66 bits per heavy atom. The van der Waals surface area contributed by atoms with Gasteiger partial charge in [0.05, 0.1) is 0 Å². The van der Waals surface area contributed by atoms with Crippen LogP contribution in [0.15, 0.2) is 72.8 Å². The summed E-state index contributed by atoms with van der Waals surface area (Å²) < 4.78 is 16.4. The van der Waals surface area contributed by atoms with Crippen molar-refractivity contribution in [3.8, 4) is 17.2 Å². The number of carbonyl (C=O) groups excluding carboxylic acids is 1. The molecule has 0 aliphatic carbocycles. The van der Waals surface area contributed by atoms with Crippen molar-refractivity contribution in [1.29, 1.82) is 0 Å². The summed E-state index contributed by atoms with van der Waals surface area (Å²) in [5.74, 6) is 2.08. The van der Waals surface area contributed by atoms with Crippen molar-refractivity contribution in [2.24, 2.45) is 0 Å². The highest BCUT2D eigenvalue weighted by Gasteiger charge is 2.14. The molecule has 148 valence electrons. The van der Waals surface area contributed by atoms with Crippen LogP contribution in [0.25, 0.3) is 0 Å². The fourth-order valence-electron chi connectivity index (χ4n) is 2.93. The van der Waals surface area contributed by atoms with Gasteiger partial charge in [0.25, 0.3) is 0 Å². The first-order valence-electron chi connectivity index (χ1n) is 9.46. The molecule has 6 heteroatoms. The number of benzene rings is 3. The third kappa shape index (κ3) is 5.19. The molecule has 0 spiro atoms. The quantitative estimate of drug-likeness (QED) is 0.595. The van der Waals surface area contributed by atoms with Crippen LogP contribution in [0.2, 0.25) is 0 Å². The van der Waals surface area contributed by atoms with Gasteiger partial charge in [-0.3, -0.25) is 4.79 Å². The van der Waals surface area contributed by atoms with Crippen molar-refractivity contribution in [2.45, 2.75) is 13.0 Å². The molecule has 0 aromatic heterocycles. The van der Waals surface area contributed by atoms with Crippen LogP contribution in [-0.2, 0) is 11.4 Å². The van der Waals surface area contributed by atoms with Gasteiger partial charge < -0.3 is 24.8 Å². The van der Waals surface area contributed by atoms with Gasteiger partial charge in [0.15, 0.2) is 11.5 Å². The van der Waals surface area contributed by atoms with Crippen molar-refractivity contribution in [2.75, 3.05) is 24.0 Å². The third-order valence-electron chi connectivity index (χ3n) is 4.44. The van der Waals surface area contributed by atoms with E-state index in [0.717, 1.165) is 17.0 Å². The topological polar surface area (TPSA) is 68.8 Å². The number of carbonyl (C=O) groups is 1. The summed E-state index contributed by atoms with van der Waals surface area (Å²) in [6.07, 6.45) is 0.348. The van der Waals surface area contributed by atoms with Crippen LogP contribution < -0.4 is 24.8 Å². The lowest BCUT2D eigenvalue weighted by molar-refractivity contribution is -0.115. The molecule has 0 saturated carbocycles. The van der Waals surface area contributed by atoms with Crippen molar-refractivity contribution >= 4 is 17.3 Å². The number of fused-ring (bicyclic) bond motifs is 1. The Kier molecular flexibility index (Phi) is 5.81. The molecule has 3 aromatic carbocycles. The third-order valence-corrected chi connectivity index (χ3v) is 4.44. The molecule has 2 N–H and O–H groups in total. The first-order valence-corrected chi connectivity index (χ1v) is 9.46. The molecular weight excluding hydrogens is 368 g/mol. The Morgan fingerprint density at radius 1 is 0.897 bits per heavy atom. The molecule has 29 heavy (non-hydrogen) atoms. The van der Waals surface area contributed by atoms with E-state index in [9.17, 15) is 4.79 Å². The maximum Gasteiger partial charge on any atom is 0.231 e. The van der Waals surface area contributed by atoms with Crippen molar-refractivity contribution in [1.82, 2.24) is 0 Å². The van der Waals surface area contributed by atoms with E-state index in [-0.39, 0.29) is 12.7 Å². The minimum absolute atomic E-state index is 0.0702. The SMILES string of the molecule is O=C(CCNc1ccc(OCc2ccccc2)cc1)Nc1ccc2c(c1)OCO2. The van der Waals surface area contributed by atoms with Gasteiger partial charge in [0, 0.05) is 30.4 Å². The van der Waals surface area contributed by atoms with E-state index in [4.69, 9.17) is 14.2 Å². The smallest absolute Gasteiger partial charge is 0.231 e. The average molecular weight is 390 g/mol. The fraction of sp³-hybridized carbons (Fsp3) is 0.174. The Labute approximate surface area is 169 Å². The Balaban J connectivity index is 1.19. The van der Waals surface area contributed by atoms with Gasteiger partial charge in [-0.05, 0) is 42.0 Å². The Hall–Kier alpha value is -3.67. The van der Waals surface area contributed by atoms with E-state index >= 15 is 0 Å². The molecule has 1 heterocycles. The lowest BCUT2D eigenvalue weighted by atomic mass is 10.2. The summed E-state index contributed by atoms with van der Waals surface area (Å²) in [5, 5.41) is 6.11. The zero-order valence-corrected chi connectivity index (χ0v) is 15.9. The summed E-state index contributed by atoms with van der Waals surface area (Å²) in [7, 11) is 0. The van der Waals surface area contributed by atoms with Crippen LogP contribution in [0.3, 0.4) is 0 Å². The highest BCUT2D eigenvalue weighted by Crippen LogP contribution is 2.34. The van der Waals surface area contributed by atoms with Crippen LogP contribution in [0.4, 0.5) is 11.4 Å². The molecule has 1 aliphatic heterocycles. The Morgan fingerprint density at radius 3 is 2.48 bits per heavy atom. The molecule has 0 bridgehead atoms. The number of hydrogen-bond acceptors (Lipinski definition) is 5. The predicted octanol–water partition coefficient (Wildman–Crippen LogP) is 4.44. The monoisotopic (exact) mass is 390 g/mol. The van der Waals surface area contributed by atoms with Crippen molar-refractivity contribution in [3.05, 3.63) is 78.4 Å². The van der Waals surface area contributed by atoms with E-state index in [1.54, 1.807) is 18.2 Å². The molecule has 6 nitrogen and oxygen atoms in total. The van der Waals surface area contributed by atoms with Gasteiger partial charge in [-0.2, -0.15) is 0 Å². The molecule has 0 radical (unpaired) electrons. The van der Waals surface area contributed by atoms with Gasteiger partial charge in [0.1, 0.15) is 12.4 Å². The summed E-state index contributed by atoms with van der Waals surface area (Å²) in [5.41, 5.74) is 2.76. The van der Waals surface area contributed by atoms with E-state index < -0.39 is 0 Å². The second-order valence-electron chi connectivity index (χ2n) is 6.59. The second-order valence-corrected chi connectivity index (χ2v) is 6.59. The van der Waals surface area contributed by atoms with Crippen LogP contribution in [0.1, 0.15) is 12.0 Å². The highest BCUT2D eigenvalue weighted by molar-refractivity contribution is 5.91. The normalized spacial score (nSPS) is 11.7. The van der Waals surface area contributed by atoms with Crippen LogP contribution in [0.5, 0.6) is 17.2 Å². The summed E-state index contributed by atoms with van der Waals surface area (Å²) in [6.45, 7) is 1.28. The second kappa shape index (κ2) is 9.01. The summed E-state index contributed by atoms with van der Waals surface area (Å²) in [4.78, 5) is 12.1. The molecule has 0 fully saturated rings.